The molecule has 0 saturated heterocycles. The SMILES string of the molecule is [2H]c1c([2H])c([2H])c2c(oc3c(-c4c5c([2H])c([2H])c([2H])c([2H])c5c(-c5ccccc5-c5ccc6ccccc6c5)c5c([2H])c([2H])c([2H])c([2H])c45)c([2H])c([2H])c([2H])c32)c1[2H]. The van der Waals surface area contributed by atoms with Crippen molar-refractivity contribution in [3.05, 3.63) is 157 Å². The molecule has 0 aliphatic carbocycles. The fraction of sp³-hybridized carbons (Fsp3) is 0. The van der Waals surface area contributed by atoms with Gasteiger partial charge in [-0.15, -0.1) is 0 Å². The lowest BCUT2D eigenvalue weighted by Gasteiger charge is -2.20. The Hall–Kier alpha value is -5.66. The Morgan fingerprint density at radius 1 is 0.419 bits per heavy atom. The Morgan fingerprint density at radius 2 is 0.977 bits per heavy atom. The van der Waals surface area contributed by atoms with Crippen molar-refractivity contribution in [2.24, 2.45) is 0 Å². The fourth-order valence-electron chi connectivity index (χ4n) is 5.96. The summed E-state index contributed by atoms with van der Waals surface area (Å²) in [5, 5.41) is 0.522. The molecule has 0 unspecified atom stereocenters. The van der Waals surface area contributed by atoms with Crippen LogP contribution in [0, 0.1) is 0 Å². The maximum Gasteiger partial charge on any atom is 0.143 e. The van der Waals surface area contributed by atoms with Crippen molar-refractivity contribution in [2.75, 3.05) is 0 Å². The van der Waals surface area contributed by atoms with Crippen molar-refractivity contribution in [1.82, 2.24) is 0 Å². The Morgan fingerprint density at radius 3 is 1.70 bits per heavy atom. The third-order valence-corrected chi connectivity index (χ3v) is 7.82. The average Bonchev–Trinajstić information content (AvgIpc) is 3.63. The van der Waals surface area contributed by atoms with Crippen LogP contribution in [-0.4, -0.2) is 0 Å². The Kier molecular flexibility index (Phi) is 2.97. The molecule has 0 spiro atoms. The van der Waals surface area contributed by atoms with Crippen LogP contribution < -0.4 is 0 Å². The van der Waals surface area contributed by atoms with E-state index in [4.69, 9.17) is 18.1 Å². The predicted octanol–water partition coefficient (Wildman–Crippen LogP) is 12.0. The number of para-hydroxylation sites is 2. The Balaban J connectivity index is 1.59. The van der Waals surface area contributed by atoms with Gasteiger partial charge < -0.3 is 4.42 Å². The molecule has 0 aliphatic rings. The van der Waals surface area contributed by atoms with Crippen LogP contribution in [0.4, 0.5) is 0 Å². The molecule has 0 bridgehead atoms. The lowest BCUT2D eigenvalue weighted by Crippen LogP contribution is -1.93. The second kappa shape index (κ2) is 9.44. The van der Waals surface area contributed by atoms with Gasteiger partial charge in [-0.1, -0.05) is 145 Å². The lowest BCUT2D eigenvalue weighted by molar-refractivity contribution is 0.670. The zero-order valence-corrected chi connectivity index (χ0v) is 22.3. The van der Waals surface area contributed by atoms with Gasteiger partial charge in [0.05, 0.1) is 20.6 Å². The molecule has 0 fully saturated rings. The van der Waals surface area contributed by atoms with Gasteiger partial charge in [0, 0.05) is 21.9 Å². The first kappa shape index (κ1) is 13.5. The molecule has 0 atom stereocenters. The van der Waals surface area contributed by atoms with Crippen LogP contribution in [0.3, 0.4) is 0 Å². The van der Waals surface area contributed by atoms with E-state index in [1.54, 1.807) is 24.3 Å². The number of hydrogen-bond donors (Lipinski definition) is 0. The first-order valence-corrected chi connectivity index (χ1v) is 13.6. The molecule has 0 radical (unpaired) electrons. The summed E-state index contributed by atoms with van der Waals surface area (Å²) in [7, 11) is 0. The van der Waals surface area contributed by atoms with E-state index >= 15 is 0 Å². The Bertz CT molecular complexity index is 3270. The number of benzene rings is 8. The number of hydrogen-bond acceptors (Lipinski definition) is 1. The molecule has 0 saturated carbocycles. The van der Waals surface area contributed by atoms with Gasteiger partial charge in [0.15, 0.2) is 0 Å². The number of rotatable bonds is 3. The summed E-state index contributed by atoms with van der Waals surface area (Å²) in [5.74, 6) is 0. The van der Waals surface area contributed by atoms with Crippen molar-refractivity contribution >= 4 is 54.3 Å². The van der Waals surface area contributed by atoms with Crippen LogP contribution in [0.5, 0.6) is 0 Å². The molecule has 1 heterocycles. The fourth-order valence-corrected chi connectivity index (χ4v) is 5.96. The highest BCUT2D eigenvalue weighted by Gasteiger charge is 2.21. The third kappa shape index (κ3) is 3.65. The van der Waals surface area contributed by atoms with Crippen LogP contribution in [0.2, 0.25) is 0 Å². The minimum atomic E-state index is -0.716. The molecule has 200 valence electrons. The van der Waals surface area contributed by atoms with Crippen LogP contribution in [-0.2, 0) is 0 Å². The standard InChI is InChI=1S/C42H26O/c1-2-13-28-26-29(25-24-27(28)12-1)30-14-3-4-16-32(30)40-33-17-5-7-19-35(33)41(36-20-8-6-18-34(36)40)38-22-11-21-37-31-15-9-10-23-39(31)43-42(37)38/h1-26H/i5D,6D,7D,8D,9D,10D,11D,15D,17D,18D,19D,20D,21D,22D,23D. The quantitative estimate of drug-likeness (QED) is 0.196. The van der Waals surface area contributed by atoms with Crippen LogP contribution >= 0.6 is 0 Å². The minimum Gasteiger partial charge on any atom is -0.455 e. The van der Waals surface area contributed by atoms with E-state index in [-0.39, 0.29) is 60.2 Å². The topological polar surface area (TPSA) is 13.1 Å². The van der Waals surface area contributed by atoms with Crippen LogP contribution in [0.25, 0.3) is 87.6 Å². The second-order valence-corrected chi connectivity index (χ2v) is 10.1. The highest BCUT2D eigenvalue weighted by molar-refractivity contribution is 6.25. The van der Waals surface area contributed by atoms with Crippen LogP contribution in [0.1, 0.15) is 20.6 Å². The summed E-state index contributed by atoms with van der Waals surface area (Å²) in [6, 6.07) is 11.0. The highest BCUT2D eigenvalue weighted by atomic mass is 16.3. The number of furan rings is 1. The van der Waals surface area contributed by atoms with E-state index < -0.39 is 90.6 Å². The summed E-state index contributed by atoms with van der Waals surface area (Å²) in [6.07, 6.45) is 0. The van der Waals surface area contributed by atoms with Gasteiger partial charge in [0.1, 0.15) is 11.2 Å². The third-order valence-electron chi connectivity index (χ3n) is 7.82. The van der Waals surface area contributed by atoms with Crippen LogP contribution in [0.15, 0.2) is 162 Å². The molecule has 1 heteroatoms. The molecule has 0 aliphatic heterocycles. The molecule has 9 rings (SSSR count). The predicted molar refractivity (Wildman–Crippen MR) is 183 cm³/mol. The maximum atomic E-state index is 9.43. The summed E-state index contributed by atoms with van der Waals surface area (Å²) in [4.78, 5) is 0. The van der Waals surface area contributed by atoms with Crippen molar-refractivity contribution in [3.63, 3.8) is 0 Å². The lowest BCUT2D eigenvalue weighted by atomic mass is 9.83. The van der Waals surface area contributed by atoms with E-state index in [0.29, 0.717) is 16.7 Å². The molecule has 0 N–H and O–H groups in total. The van der Waals surface area contributed by atoms with Gasteiger partial charge in [0.2, 0.25) is 0 Å². The van der Waals surface area contributed by atoms with E-state index in [2.05, 4.69) is 0 Å². The van der Waals surface area contributed by atoms with Crippen molar-refractivity contribution in [3.8, 4) is 33.4 Å². The molecule has 0 amide bonds. The molecular formula is C42H26O. The van der Waals surface area contributed by atoms with Gasteiger partial charge in [-0.3, -0.25) is 0 Å². The van der Waals surface area contributed by atoms with E-state index in [0.717, 1.165) is 10.8 Å². The highest BCUT2D eigenvalue weighted by Crippen LogP contribution is 2.48. The van der Waals surface area contributed by atoms with Crippen molar-refractivity contribution in [1.29, 1.82) is 0 Å². The smallest absolute Gasteiger partial charge is 0.143 e. The summed E-state index contributed by atoms with van der Waals surface area (Å²) >= 11 is 0. The second-order valence-electron chi connectivity index (χ2n) is 10.1. The van der Waals surface area contributed by atoms with Gasteiger partial charge in [-0.2, -0.15) is 0 Å². The summed E-state index contributed by atoms with van der Waals surface area (Å²) in [6.45, 7) is 0. The minimum absolute atomic E-state index is 0.0617. The maximum absolute atomic E-state index is 9.43. The van der Waals surface area contributed by atoms with E-state index in [1.807, 2.05) is 42.5 Å². The van der Waals surface area contributed by atoms with Crippen molar-refractivity contribution in [2.45, 2.75) is 0 Å². The van der Waals surface area contributed by atoms with E-state index in [1.165, 1.54) is 0 Å². The first-order valence-electron chi connectivity index (χ1n) is 21.1. The van der Waals surface area contributed by atoms with Gasteiger partial charge in [0.25, 0.3) is 0 Å². The molecular weight excluding hydrogens is 520 g/mol. The summed E-state index contributed by atoms with van der Waals surface area (Å²) in [5.41, 5.74) is 0.256. The number of fused-ring (bicyclic) bond motifs is 6. The molecule has 1 aromatic heterocycles. The van der Waals surface area contributed by atoms with Gasteiger partial charge in [-0.25, -0.2) is 0 Å². The largest absolute Gasteiger partial charge is 0.455 e. The zero-order valence-electron chi connectivity index (χ0n) is 37.3. The van der Waals surface area contributed by atoms with Gasteiger partial charge in [-0.05, 0) is 66.7 Å². The zero-order chi connectivity index (χ0) is 41.4. The van der Waals surface area contributed by atoms with Crippen molar-refractivity contribution < 1.29 is 25.0 Å². The Labute approximate surface area is 270 Å². The summed E-state index contributed by atoms with van der Waals surface area (Å²) < 4.78 is 140. The average molecular weight is 562 g/mol. The molecule has 43 heavy (non-hydrogen) atoms. The monoisotopic (exact) mass is 561 g/mol. The first-order chi connectivity index (χ1) is 27.6. The van der Waals surface area contributed by atoms with E-state index in [9.17, 15) is 6.85 Å². The molecule has 9 aromatic rings. The molecule has 1 nitrogen and oxygen atoms in total. The molecule has 8 aromatic carbocycles. The normalized spacial score (nSPS) is 16.6. The van der Waals surface area contributed by atoms with Gasteiger partial charge >= 0.3 is 0 Å².